The molecule has 1 heterocycles. The molecule has 1 fully saturated rings. The molecule has 1 aliphatic heterocycles. The number of rotatable bonds is 4. The second kappa shape index (κ2) is 5.37. The Labute approximate surface area is 110 Å². The summed E-state index contributed by atoms with van der Waals surface area (Å²) >= 11 is 6.00. The number of carbonyl (C=O) groups excluding carboxylic acids is 2. The van der Waals surface area contributed by atoms with Gasteiger partial charge in [0, 0.05) is 13.7 Å². The van der Waals surface area contributed by atoms with Crippen LogP contribution >= 0.6 is 11.6 Å². The molecular weight excluding hydrogens is 256 g/mol. The fourth-order valence-corrected chi connectivity index (χ4v) is 2.02. The van der Waals surface area contributed by atoms with Gasteiger partial charge in [-0.2, -0.15) is 0 Å². The Bertz CT molecular complexity index is 478. The highest BCUT2D eigenvalue weighted by Gasteiger charge is 2.37. The monoisotopic (exact) mass is 268 g/mol. The van der Waals surface area contributed by atoms with Crippen LogP contribution in [0, 0.1) is 0 Å². The summed E-state index contributed by atoms with van der Waals surface area (Å²) < 4.78 is 4.90. The van der Waals surface area contributed by atoms with Gasteiger partial charge in [-0.1, -0.05) is 23.7 Å². The van der Waals surface area contributed by atoms with Crippen molar-refractivity contribution in [1.29, 1.82) is 0 Å². The molecule has 0 spiro atoms. The topological polar surface area (TPSA) is 49.9 Å². The summed E-state index contributed by atoms with van der Waals surface area (Å²) in [6.45, 7) is 0.852. The van der Waals surface area contributed by atoms with Gasteiger partial charge in [-0.05, 0) is 12.1 Å². The van der Waals surface area contributed by atoms with Crippen LogP contribution in [0.2, 0.25) is 5.02 Å². The van der Waals surface area contributed by atoms with Crippen LogP contribution in [0.25, 0.3) is 0 Å². The largest absolute Gasteiger partial charge is 0.383 e. The molecule has 0 bridgehead atoms. The molecule has 1 aromatic rings. The minimum atomic E-state index is -0.356. The third-order valence-corrected chi connectivity index (χ3v) is 3.02. The van der Waals surface area contributed by atoms with Crippen LogP contribution < -0.4 is 4.90 Å². The maximum absolute atomic E-state index is 12.1. The molecule has 0 radical (unpaired) electrons. The van der Waals surface area contributed by atoms with Gasteiger partial charge in [-0.3, -0.25) is 4.79 Å². The average Bonchev–Trinajstić information content (AvgIpc) is 2.63. The second-order valence-corrected chi connectivity index (χ2v) is 4.28. The van der Waals surface area contributed by atoms with Crippen LogP contribution in [0.15, 0.2) is 24.3 Å². The molecule has 1 saturated heterocycles. The number of amides is 3. The number of nitrogens with zero attached hydrogens (tertiary/aromatic N) is 2. The molecule has 3 amide bonds. The Balaban J connectivity index is 2.22. The zero-order valence-corrected chi connectivity index (χ0v) is 10.7. The number of halogens is 1. The van der Waals surface area contributed by atoms with E-state index in [1.54, 1.807) is 31.4 Å². The van der Waals surface area contributed by atoms with Gasteiger partial charge in [0.2, 0.25) is 0 Å². The number of anilines is 1. The van der Waals surface area contributed by atoms with E-state index in [4.69, 9.17) is 16.3 Å². The summed E-state index contributed by atoms with van der Waals surface area (Å²) in [6, 6.07) is 6.43. The first-order valence-electron chi connectivity index (χ1n) is 5.50. The molecule has 18 heavy (non-hydrogen) atoms. The van der Waals surface area contributed by atoms with E-state index >= 15 is 0 Å². The molecule has 0 aromatic heterocycles. The highest BCUT2D eigenvalue weighted by Crippen LogP contribution is 2.28. The van der Waals surface area contributed by atoms with Crippen molar-refractivity contribution in [3.8, 4) is 0 Å². The van der Waals surface area contributed by atoms with Crippen LogP contribution in [0.4, 0.5) is 10.5 Å². The Morgan fingerprint density at radius 2 is 2.06 bits per heavy atom. The Hall–Kier alpha value is -1.59. The Morgan fingerprint density at radius 3 is 2.72 bits per heavy atom. The predicted octanol–water partition coefficient (Wildman–Crippen LogP) is 1.75. The Morgan fingerprint density at radius 1 is 1.33 bits per heavy atom. The fourth-order valence-electron chi connectivity index (χ4n) is 1.80. The number of carbonyl (C=O) groups is 2. The lowest BCUT2D eigenvalue weighted by atomic mass is 10.3. The van der Waals surface area contributed by atoms with Gasteiger partial charge < -0.3 is 9.64 Å². The number of benzene rings is 1. The van der Waals surface area contributed by atoms with Crippen molar-refractivity contribution in [2.24, 2.45) is 0 Å². The van der Waals surface area contributed by atoms with E-state index in [1.807, 2.05) is 0 Å². The molecule has 0 aliphatic carbocycles. The summed E-state index contributed by atoms with van der Waals surface area (Å²) in [4.78, 5) is 26.5. The summed E-state index contributed by atoms with van der Waals surface area (Å²) in [5.41, 5.74) is 0.425. The van der Waals surface area contributed by atoms with Crippen LogP contribution in [-0.2, 0) is 9.53 Å². The first kappa shape index (κ1) is 12.9. The van der Waals surface area contributed by atoms with E-state index in [1.165, 1.54) is 4.90 Å². The molecule has 0 N–H and O–H groups in total. The summed E-state index contributed by atoms with van der Waals surface area (Å²) in [7, 11) is 1.55. The maximum atomic E-state index is 12.1. The van der Waals surface area contributed by atoms with Crippen molar-refractivity contribution in [1.82, 2.24) is 4.90 Å². The van der Waals surface area contributed by atoms with Crippen molar-refractivity contribution in [3.63, 3.8) is 0 Å². The number of imide groups is 1. The lowest BCUT2D eigenvalue weighted by Crippen LogP contribution is -2.34. The zero-order chi connectivity index (χ0) is 13.1. The summed E-state index contributed by atoms with van der Waals surface area (Å²) in [5, 5.41) is 0.382. The molecule has 6 heteroatoms. The van der Waals surface area contributed by atoms with E-state index in [0.29, 0.717) is 23.9 Å². The van der Waals surface area contributed by atoms with E-state index in [-0.39, 0.29) is 18.5 Å². The molecular formula is C12H13ClN2O3. The zero-order valence-electron chi connectivity index (χ0n) is 9.93. The smallest absolute Gasteiger partial charge is 0.332 e. The predicted molar refractivity (Wildman–Crippen MR) is 67.8 cm³/mol. The van der Waals surface area contributed by atoms with E-state index in [0.717, 1.165) is 4.90 Å². The molecule has 5 nitrogen and oxygen atoms in total. The van der Waals surface area contributed by atoms with Crippen LogP contribution in [0.3, 0.4) is 0 Å². The number of ether oxygens (including phenoxy) is 1. The summed E-state index contributed by atoms with van der Waals surface area (Å²) in [6.07, 6.45) is 0. The first-order chi connectivity index (χ1) is 8.65. The van der Waals surface area contributed by atoms with Crippen molar-refractivity contribution in [2.45, 2.75) is 0 Å². The van der Waals surface area contributed by atoms with Gasteiger partial charge in [-0.25, -0.2) is 9.69 Å². The number of urea groups is 1. The minimum Gasteiger partial charge on any atom is -0.383 e. The Kier molecular flexibility index (Phi) is 3.84. The highest BCUT2D eigenvalue weighted by molar-refractivity contribution is 6.35. The van der Waals surface area contributed by atoms with Gasteiger partial charge in [0.25, 0.3) is 5.91 Å². The number of para-hydroxylation sites is 1. The molecule has 96 valence electrons. The number of hydrogen-bond acceptors (Lipinski definition) is 3. The summed E-state index contributed by atoms with van der Waals surface area (Å²) in [5.74, 6) is -0.274. The van der Waals surface area contributed by atoms with Crippen molar-refractivity contribution < 1.29 is 14.3 Å². The molecule has 1 aromatic carbocycles. The fraction of sp³-hybridized carbons (Fsp3) is 0.333. The second-order valence-electron chi connectivity index (χ2n) is 3.88. The van der Waals surface area contributed by atoms with Crippen LogP contribution in [0.1, 0.15) is 0 Å². The first-order valence-corrected chi connectivity index (χ1v) is 5.88. The molecule has 2 rings (SSSR count). The third kappa shape index (κ3) is 2.32. The minimum absolute atomic E-state index is 0.0629. The van der Waals surface area contributed by atoms with Crippen molar-refractivity contribution in [2.75, 3.05) is 31.7 Å². The highest BCUT2D eigenvalue weighted by atomic mass is 35.5. The van der Waals surface area contributed by atoms with Crippen LogP contribution in [0.5, 0.6) is 0 Å². The van der Waals surface area contributed by atoms with Gasteiger partial charge in [-0.15, -0.1) is 0 Å². The number of methoxy groups -OCH3 is 1. The quantitative estimate of drug-likeness (QED) is 0.782. The van der Waals surface area contributed by atoms with Gasteiger partial charge in [0.15, 0.2) is 0 Å². The molecule has 0 atom stereocenters. The molecule has 0 saturated carbocycles. The lowest BCUT2D eigenvalue weighted by molar-refractivity contribution is -0.116. The van der Waals surface area contributed by atoms with E-state index in [2.05, 4.69) is 0 Å². The SMILES string of the molecule is COCCN1CC(=O)N(c2ccccc2Cl)C1=O. The van der Waals surface area contributed by atoms with E-state index < -0.39 is 0 Å². The van der Waals surface area contributed by atoms with Crippen molar-refractivity contribution >= 4 is 29.2 Å². The van der Waals surface area contributed by atoms with Gasteiger partial charge >= 0.3 is 6.03 Å². The van der Waals surface area contributed by atoms with Gasteiger partial charge in [0.1, 0.15) is 6.54 Å². The lowest BCUT2D eigenvalue weighted by Gasteiger charge is -2.17. The normalized spacial score (nSPS) is 15.7. The van der Waals surface area contributed by atoms with Crippen LogP contribution in [-0.4, -0.2) is 43.6 Å². The van der Waals surface area contributed by atoms with Crippen molar-refractivity contribution in [3.05, 3.63) is 29.3 Å². The standard InChI is InChI=1S/C12H13ClN2O3/c1-18-7-6-14-8-11(16)15(12(14)17)10-5-3-2-4-9(10)13/h2-5H,6-8H2,1H3. The maximum Gasteiger partial charge on any atom is 0.332 e. The van der Waals surface area contributed by atoms with Gasteiger partial charge in [0.05, 0.1) is 17.3 Å². The molecule has 1 aliphatic rings. The van der Waals surface area contributed by atoms with E-state index in [9.17, 15) is 9.59 Å². The average molecular weight is 269 g/mol. The molecule has 0 unspecified atom stereocenters. The number of hydrogen-bond donors (Lipinski definition) is 0. The third-order valence-electron chi connectivity index (χ3n) is 2.70.